The highest BCUT2D eigenvalue weighted by Gasteiger charge is 2.29. The minimum absolute atomic E-state index is 0.0799. The third kappa shape index (κ3) is 6.08. The standard InChI is InChI=1S/C21H22Cl3FN2O2/c1-3-19(21(29)26-4-2)27(12-13-8-9-14(22)10-17(13)24)20(28)11-15-16(23)6-5-7-18(15)25/h5-10,19H,3-4,11-12H2,1-2H3,(H,26,29)/t19-/m0/s1. The molecule has 29 heavy (non-hydrogen) atoms. The van der Waals surface area contributed by atoms with Gasteiger partial charge in [-0.2, -0.15) is 0 Å². The van der Waals surface area contributed by atoms with Gasteiger partial charge in [-0.15, -0.1) is 0 Å². The zero-order valence-corrected chi connectivity index (χ0v) is 18.4. The molecule has 0 spiro atoms. The molecule has 2 rings (SSSR count). The van der Waals surface area contributed by atoms with Crippen LogP contribution in [0.4, 0.5) is 4.39 Å². The van der Waals surface area contributed by atoms with Gasteiger partial charge in [0.2, 0.25) is 11.8 Å². The first-order chi connectivity index (χ1) is 13.8. The van der Waals surface area contributed by atoms with Gasteiger partial charge in [0.05, 0.1) is 6.42 Å². The number of amides is 2. The number of nitrogens with one attached hydrogen (secondary N) is 1. The first-order valence-corrected chi connectivity index (χ1v) is 10.4. The number of halogens is 4. The van der Waals surface area contributed by atoms with E-state index in [1.165, 1.54) is 23.1 Å². The van der Waals surface area contributed by atoms with E-state index in [2.05, 4.69) is 5.32 Å². The number of nitrogens with zero attached hydrogens (tertiary/aromatic N) is 1. The van der Waals surface area contributed by atoms with Gasteiger partial charge in [-0.3, -0.25) is 9.59 Å². The Morgan fingerprint density at radius 1 is 1.10 bits per heavy atom. The van der Waals surface area contributed by atoms with E-state index in [4.69, 9.17) is 34.8 Å². The number of carbonyl (C=O) groups is 2. The predicted molar refractivity (Wildman–Crippen MR) is 115 cm³/mol. The summed E-state index contributed by atoms with van der Waals surface area (Å²) in [6.45, 7) is 4.11. The summed E-state index contributed by atoms with van der Waals surface area (Å²) in [7, 11) is 0. The predicted octanol–water partition coefficient (Wildman–Crippen LogP) is 5.27. The zero-order chi connectivity index (χ0) is 21.6. The molecule has 0 heterocycles. The lowest BCUT2D eigenvalue weighted by Crippen LogP contribution is -2.49. The average molecular weight is 460 g/mol. The van der Waals surface area contributed by atoms with Crippen LogP contribution >= 0.6 is 34.8 Å². The molecule has 0 saturated heterocycles. The van der Waals surface area contributed by atoms with Crippen LogP contribution in [0.15, 0.2) is 36.4 Å². The van der Waals surface area contributed by atoms with Crippen LogP contribution in [0.3, 0.4) is 0 Å². The Morgan fingerprint density at radius 2 is 1.83 bits per heavy atom. The Labute approximate surface area is 184 Å². The largest absolute Gasteiger partial charge is 0.355 e. The summed E-state index contributed by atoms with van der Waals surface area (Å²) in [4.78, 5) is 27.1. The first-order valence-electron chi connectivity index (χ1n) is 9.22. The number of benzene rings is 2. The second-order valence-electron chi connectivity index (χ2n) is 6.45. The van der Waals surface area contributed by atoms with Crippen LogP contribution in [0, 0.1) is 5.82 Å². The van der Waals surface area contributed by atoms with E-state index in [0.29, 0.717) is 28.6 Å². The maximum absolute atomic E-state index is 14.2. The van der Waals surface area contributed by atoms with Crippen molar-refractivity contribution in [1.29, 1.82) is 0 Å². The van der Waals surface area contributed by atoms with Crippen molar-refractivity contribution in [2.75, 3.05) is 6.54 Å². The van der Waals surface area contributed by atoms with Crippen LogP contribution in [0.5, 0.6) is 0 Å². The molecule has 0 aromatic heterocycles. The van der Waals surface area contributed by atoms with Crippen molar-refractivity contribution in [3.8, 4) is 0 Å². The fourth-order valence-corrected chi connectivity index (χ4v) is 3.70. The number of carbonyl (C=O) groups excluding carboxylic acids is 2. The van der Waals surface area contributed by atoms with E-state index in [-0.39, 0.29) is 29.5 Å². The molecule has 8 heteroatoms. The van der Waals surface area contributed by atoms with Gasteiger partial charge in [-0.25, -0.2) is 4.39 Å². The van der Waals surface area contributed by atoms with Crippen molar-refractivity contribution in [3.05, 3.63) is 68.4 Å². The van der Waals surface area contributed by atoms with Crippen molar-refractivity contribution >= 4 is 46.6 Å². The molecule has 1 N–H and O–H groups in total. The normalized spacial score (nSPS) is 11.8. The van der Waals surface area contributed by atoms with Crippen LogP contribution in [0.2, 0.25) is 15.1 Å². The fourth-order valence-electron chi connectivity index (χ4n) is 3.00. The number of hydrogen-bond donors (Lipinski definition) is 1. The second-order valence-corrected chi connectivity index (χ2v) is 7.70. The summed E-state index contributed by atoms with van der Waals surface area (Å²) in [5, 5.41) is 3.75. The van der Waals surface area contributed by atoms with Crippen LogP contribution in [0.1, 0.15) is 31.4 Å². The number of rotatable bonds is 8. The van der Waals surface area contributed by atoms with Gasteiger partial charge in [0.1, 0.15) is 11.9 Å². The molecule has 0 bridgehead atoms. The van der Waals surface area contributed by atoms with Crippen molar-refractivity contribution < 1.29 is 14.0 Å². The summed E-state index contributed by atoms with van der Waals surface area (Å²) in [6, 6.07) is 8.44. The van der Waals surface area contributed by atoms with Crippen molar-refractivity contribution in [1.82, 2.24) is 10.2 Å². The van der Waals surface area contributed by atoms with Crippen molar-refractivity contribution in [2.24, 2.45) is 0 Å². The lowest BCUT2D eigenvalue weighted by Gasteiger charge is -2.31. The van der Waals surface area contributed by atoms with Gasteiger partial charge in [-0.1, -0.05) is 53.9 Å². The molecule has 1 atom stereocenters. The second kappa shape index (κ2) is 10.8. The molecule has 0 saturated carbocycles. The molecule has 0 aliphatic carbocycles. The Hall–Kier alpha value is -1.82. The number of likely N-dealkylation sites (N-methyl/N-ethyl adjacent to an activating group) is 1. The topological polar surface area (TPSA) is 49.4 Å². The zero-order valence-electron chi connectivity index (χ0n) is 16.1. The van der Waals surface area contributed by atoms with Crippen molar-refractivity contribution in [3.63, 3.8) is 0 Å². The van der Waals surface area contributed by atoms with Gasteiger partial charge in [-0.05, 0) is 43.2 Å². The fraction of sp³-hybridized carbons (Fsp3) is 0.333. The molecule has 2 aromatic carbocycles. The molecule has 2 aromatic rings. The SMILES string of the molecule is CCNC(=O)[C@H](CC)N(Cc1ccc(Cl)cc1Cl)C(=O)Cc1c(F)cccc1Cl. The van der Waals surface area contributed by atoms with Gasteiger partial charge in [0, 0.05) is 33.7 Å². The lowest BCUT2D eigenvalue weighted by atomic mass is 10.1. The van der Waals surface area contributed by atoms with E-state index in [0.717, 1.165) is 0 Å². The van der Waals surface area contributed by atoms with Gasteiger partial charge >= 0.3 is 0 Å². The van der Waals surface area contributed by atoms with Crippen LogP contribution in [-0.4, -0.2) is 29.3 Å². The van der Waals surface area contributed by atoms with E-state index in [1.807, 2.05) is 0 Å². The highest BCUT2D eigenvalue weighted by molar-refractivity contribution is 6.35. The van der Waals surface area contributed by atoms with Gasteiger partial charge in [0.15, 0.2) is 0 Å². The van der Waals surface area contributed by atoms with Crippen LogP contribution < -0.4 is 5.32 Å². The van der Waals surface area contributed by atoms with E-state index >= 15 is 0 Å². The monoisotopic (exact) mass is 458 g/mol. The molecular formula is C21H22Cl3FN2O2. The van der Waals surface area contributed by atoms with Crippen LogP contribution in [0.25, 0.3) is 0 Å². The first kappa shape index (κ1) is 23.5. The molecule has 0 radical (unpaired) electrons. The molecular weight excluding hydrogens is 438 g/mol. The number of hydrogen-bond acceptors (Lipinski definition) is 2. The van der Waals surface area contributed by atoms with Crippen molar-refractivity contribution in [2.45, 2.75) is 39.3 Å². The maximum Gasteiger partial charge on any atom is 0.242 e. The quantitative estimate of drug-likeness (QED) is 0.584. The summed E-state index contributed by atoms with van der Waals surface area (Å²) < 4.78 is 14.2. The Bertz CT molecular complexity index is 872. The molecule has 0 fully saturated rings. The molecule has 0 aliphatic heterocycles. The lowest BCUT2D eigenvalue weighted by molar-refractivity contribution is -0.140. The summed E-state index contributed by atoms with van der Waals surface area (Å²) in [6.07, 6.45) is 0.112. The summed E-state index contributed by atoms with van der Waals surface area (Å²) in [5.74, 6) is -1.28. The Morgan fingerprint density at radius 3 is 2.41 bits per heavy atom. The third-order valence-electron chi connectivity index (χ3n) is 4.48. The highest BCUT2D eigenvalue weighted by atomic mass is 35.5. The minimum atomic E-state index is -0.736. The minimum Gasteiger partial charge on any atom is -0.355 e. The van der Waals surface area contributed by atoms with E-state index in [1.54, 1.807) is 32.0 Å². The van der Waals surface area contributed by atoms with Gasteiger partial charge < -0.3 is 10.2 Å². The molecule has 0 aliphatic rings. The Kier molecular flexibility index (Phi) is 8.75. The molecule has 0 unspecified atom stereocenters. The summed E-state index contributed by atoms with van der Waals surface area (Å²) >= 11 is 18.3. The third-order valence-corrected chi connectivity index (χ3v) is 5.42. The highest BCUT2D eigenvalue weighted by Crippen LogP contribution is 2.25. The molecule has 4 nitrogen and oxygen atoms in total. The average Bonchev–Trinajstić information content (AvgIpc) is 2.66. The molecule has 156 valence electrons. The molecule has 2 amide bonds. The van der Waals surface area contributed by atoms with E-state index in [9.17, 15) is 14.0 Å². The van der Waals surface area contributed by atoms with Gasteiger partial charge in [0.25, 0.3) is 0 Å². The van der Waals surface area contributed by atoms with Crippen LogP contribution in [-0.2, 0) is 22.6 Å². The van der Waals surface area contributed by atoms with E-state index < -0.39 is 17.8 Å². The Balaban J connectivity index is 2.39. The maximum atomic E-state index is 14.2. The smallest absolute Gasteiger partial charge is 0.242 e. The summed E-state index contributed by atoms with van der Waals surface area (Å²) in [5.41, 5.74) is 0.726.